The average Bonchev–Trinajstić information content (AvgIpc) is 3.64. The second kappa shape index (κ2) is 14.1. The Balaban J connectivity index is 1.33. The zero-order chi connectivity index (χ0) is 28.5. The Kier molecular flexibility index (Phi) is 10.4. The quantitative estimate of drug-likeness (QED) is 0.288. The van der Waals surface area contributed by atoms with Gasteiger partial charge in [-0.05, 0) is 77.2 Å². The lowest BCUT2D eigenvalue weighted by Gasteiger charge is -2.22. The molecule has 0 radical (unpaired) electrons. The van der Waals surface area contributed by atoms with Gasteiger partial charge < -0.3 is 19.5 Å². The Morgan fingerprint density at radius 1 is 1.10 bits per heavy atom. The van der Waals surface area contributed by atoms with Crippen molar-refractivity contribution in [2.24, 2.45) is 0 Å². The number of thiophene rings is 1. The zero-order valence-corrected chi connectivity index (χ0v) is 23.9. The molecule has 0 unspecified atom stereocenters. The molecule has 2 amide bonds. The molecule has 10 heteroatoms. The van der Waals surface area contributed by atoms with Crippen molar-refractivity contribution >= 4 is 29.0 Å². The van der Waals surface area contributed by atoms with Crippen LogP contribution in [0.1, 0.15) is 35.7 Å². The molecule has 0 saturated carbocycles. The molecule has 3 aromatic rings. The van der Waals surface area contributed by atoms with Gasteiger partial charge in [0, 0.05) is 31.2 Å². The first-order chi connectivity index (χ1) is 19.4. The molecule has 0 bridgehead atoms. The lowest BCUT2D eigenvalue weighted by Crippen LogP contribution is -2.40. The Hall–Kier alpha value is -3.63. The maximum atomic E-state index is 13.2. The molecule has 0 spiro atoms. The van der Waals surface area contributed by atoms with Gasteiger partial charge in [0.1, 0.15) is 6.10 Å². The third-order valence-electron chi connectivity index (χ3n) is 7.04. The highest BCUT2D eigenvalue weighted by Gasteiger charge is 2.34. The monoisotopic (exact) mass is 569 g/mol. The molecule has 0 aliphatic carbocycles. The lowest BCUT2D eigenvalue weighted by atomic mass is 10.0. The Morgan fingerprint density at radius 2 is 1.90 bits per heavy atom. The zero-order valence-electron chi connectivity index (χ0n) is 23.1. The number of anilines is 1. The second-order valence-corrected chi connectivity index (χ2v) is 10.4. The van der Waals surface area contributed by atoms with E-state index in [0.717, 1.165) is 23.2 Å². The summed E-state index contributed by atoms with van der Waals surface area (Å²) in [4.78, 5) is 28.0. The summed E-state index contributed by atoms with van der Waals surface area (Å²) in [5, 5.41) is 9.91. The summed E-state index contributed by atoms with van der Waals surface area (Å²) in [5.74, 6) is 0.464. The molecule has 4 rings (SSSR count). The van der Waals surface area contributed by atoms with E-state index in [1.54, 1.807) is 23.5 Å². The number of hydrogen-bond donors (Lipinski definition) is 2. The first-order valence-corrected chi connectivity index (χ1v) is 14.3. The van der Waals surface area contributed by atoms with Gasteiger partial charge in [-0.1, -0.05) is 19.1 Å². The number of carbonyl (C=O) groups excluding carboxylic acids is 2. The number of halogens is 1. The standard InChI is InChI=1S/C30H36FN3O5S/c1-4-34-18-25(39-30(36)33-23-9-7-21(8-10-23)22-11-13-40-19-22)16-24(34)17-32-29(35)26-14-20(6-5-12-31)15-27(37-2)28(26)38-3/h7-11,13-15,19,24-25H,4-6,12,16-18H2,1-3H3,(H,32,35)(H,33,36)/t24-,25+/m0/s1. The van der Waals surface area contributed by atoms with E-state index in [2.05, 4.69) is 27.0 Å². The number of carbonyl (C=O) groups is 2. The third-order valence-corrected chi connectivity index (χ3v) is 7.72. The number of methoxy groups -OCH3 is 2. The molecule has 2 N–H and O–H groups in total. The lowest BCUT2D eigenvalue weighted by molar-refractivity contribution is 0.0937. The number of alkyl halides is 1. The van der Waals surface area contributed by atoms with E-state index in [-0.39, 0.29) is 18.1 Å². The molecule has 1 fully saturated rings. The third kappa shape index (κ3) is 7.31. The highest BCUT2D eigenvalue weighted by atomic mass is 32.1. The van der Waals surface area contributed by atoms with Gasteiger partial charge in [-0.15, -0.1) is 0 Å². The van der Waals surface area contributed by atoms with Crippen molar-refractivity contribution in [3.63, 3.8) is 0 Å². The van der Waals surface area contributed by atoms with E-state index >= 15 is 0 Å². The van der Waals surface area contributed by atoms with Crippen LogP contribution in [0.3, 0.4) is 0 Å². The van der Waals surface area contributed by atoms with Crippen LogP contribution in [0.15, 0.2) is 53.2 Å². The fourth-order valence-corrected chi connectivity index (χ4v) is 5.67. The van der Waals surface area contributed by atoms with Crippen LogP contribution in [0.25, 0.3) is 11.1 Å². The molecule has 2 atom stereocenters. The fraction of sp³-hybridized carbons (Fsp3) is 0.400. The average molecular weight is 570 g/mol. The van der Waals surface area contributed by atoms with Gasteiger partial charge in [-0.3, -0.25) is 19.4 Å². The number of likely N-dealkylation sites (N-methyl/N-ethyl adjacent to an activating group) is 1. The van der Waals surface area contributed by atoms with E-state index < -0.39 is 12.8 Å². The minimum atomic E-state index is -0.504. The van der Waals surface area contributed by atoms with Crippen LogP contribution >= 0.6 is 11.3 Å². The summed E-state index contributed by atoms with van der Waals surface area (Å²) in [5.41, 5.74) is 4.04. The van der Waals surface area contributed by atoms with Crippen molar-refractivity contribution in [3.05, 3.63) is 64.4 Å². The van der Waals surface area contributed by atoms with Crippen LogP contribution in [-0.2, 0) is 11.2 Å². The Morgan fingerprint density at radius 3 is 2.55 bits per heavy atom. The highest BCUT2D eigenvalue weighted by Crippen LogP contribution is 2.33. The summed E-state index contributed by atoms with van der Waals surface area (Å²) in [6.07, 6.45) is 0.639. The fourth-order valence-electron chi connectivity index (χ4n) is 5.01. The molecule has 2 aromatic carbocycles. The van der Waals surface area contributed by atoms with Gasteiger partial charge in [-0.25, -0.2) is 4.79 Å². The number of amides is 2. The molecule has 8 nitrogen and oxygen atoms in total. The van der Waals surface area contributed by atoms with E-state index in [9.17, 15) is 14.0 Å². The summed E-state index contributed by atoms with van der Waals surface area (Å²) in [7, 11) is 2.99. The number of nitrogens with zero attached hydrogens (tertiary/aromatic N) is 1. The normalized spacial score (nSPS) is 16.9. The van der Waals surface area contributed by atoms with Gasteiger partial charge in [0.05, 0.1) is 26.5 Å². The van der Waals surface area contributed by atoms with Gasteiger partial charge in [0.2, 0.25) is 0 Å². The maximum Gasteiger partial charge on any atom is 0.411 e. The van der Waals surface area contributed by atoms with Crippen molar-refractivity contribution in [1.29, 1.82) is 0 Å². The van der Waals surface area contributed by atoms with Crippen LogP contribution in [0.4, 0.5) is 14.9 Å². The smallest absolute Gasteiger partial charge is 0.411 e. The van der Waals surface area contributed by atoms with E-state index in [4.69, 9.17) is 14.2 Å². The summed E-state index contributed by atoms with van der Waals surface area (Å²) in [6, 6.07) is 13.2. The minimum absolute atomic E-state index is 0.000690. The first-order valence-electron chi connectivity index (χ1n) is 13.4. The predicted octanol–water partition coefficient (Wildman–Crippen LogP) is 5.78. The molecule has 1 aromatic heterocycles. The summed E-state index contributed by atoms with van der Waals surface area (Å²) in [6.45, 7) is 3.31. The van der Waals surface area contributed by atoms with E-state index in [1.807, 2.05) is 36.6 Å². The SMILES string of the molecule is CCN1C[C@H](OC(=O)Nc2ccc(-c3ccsc3)cc2)C[C@H]1CNC(=O)c1cc(CCCF)cc(OC)c1OC. The molecular weight excluding hydrogens is 533 g/mol. The number of aryl methyl sites for hydroxylation is 1. The van der Waals surface area contributed by atoms with Crippen molar-refractivity contribution in [3.8, 4) is 22.6 Å². The van der Waals surface area contributed by atoms with Gasteiger partial charge >= 0.3 is 6.09 Å². The number of hydrogen-bond acceptors (Lipinski definition) is 7. The Bertz CT molecular complexity index is 1270. The van der Waals surface area contributed by atoms with Crippen molar-refractivity contribution < 1.29 is 28.2 Å². The number of likely N-dealkylation sites (tertiary alicyclic amines) is 1. The van der Waals surface area contributed by atoms with Crippen LogP contribution in [-0.4, -0.2) is 69.6 Å². The number of ether oxygens (including phenoxy) is 3. The minimum Gasteiger partial charge on any atom is -0.493 e. The van der Waals surface area contributed by atoms with Crippen molar-refractivity contribution in [2.75, 3.05) is 45.8 Å². The summed E-state index contributed by atoms with van der Waals surface area (Å²) >= 11 is 1.64. The summed E-state index contributed by atoms with van der Waals surface area (Å²) < 4.78 is 29.3. The molecular formula is C30H36FN3O5S. The maximum absolute atomic E-state index is 13.2. The molecule has 1 saturated heterocycles. The second-order valence-electron chi connectivity index (χ2n) is 9.60. The molecule has 2 heterocycles. The van der Waals surface area contributed by atoms with Gasteiger partial charge in [0.25, 0.3) is 5.91 Å². The first kappa shape index (κ1) is 29.4. The molecule has 1 aliphatic heterocycles. The largest absolute Gasteiger partial charge is 0.493 e. The molecule has 214 valence electrons. The highest BCUT2D eigenvalue weighted by molar-refractivity contribution is 7.08. The number of rotatable bonds is 12. The van der Waals surface area contributed by atoms with Crippen LogP contribution < -0.4 is 20.1 Å². The Labute approximate surface area is 238 Å². The number of benzene rings is 2. The predicted molar refractivity (Wildman–Crippen MR) is 155 cm³/mol. The van der Waals surface area contributed by atoms with Crippen LogP contribution in [0.2, 0.25) is 0 Å². The van der Waals surface area contributed by atoms with Crippen LogP contribution in [0.5, 0.6) is 11.5 Å². The van der Waals surface area contributed by atoms with E-state index in [0.29, 0.717) is 55.1 Å². The molecule has 1 aliphatic rings. The number of nitrogens with one attached hydrogen (secondary N) is 2. The van der Waals surface area contributed by atoms with Gasteiger partial charge in [-0.2, -0.15) is 11.3 Å². The van der Waals surface area contributed by atoms with Gasteiger partial charge in [0.15, 0.2) is 11.5 Å². The van der Waals surface area contributed by atoms with E-state index in [1.165, 1.54) is 14.2 Å². The molecule has 40 heavy (non-hydrogen) atoms. The van der Waals surface area contributed by atoms with Crippen molar-refractivity contribution in [1.82, 2.24) is 10.2 Å². The van der Waals surface area contributed by atoms with Crippen LogP contribution in [0, 0.1) is 0 Å². The topological polar surface area (TPSA) is 89.1 Å². The van der Waals surface area contributed by atoms with Crippen molar-refractivity contribution in [2.45, 2.75) is 38.3 Å².